The predicted molar refractivity (Wildman–Crippen MR) is 92.0 cm³/mol. The maximum atomic E-state index is 12.4. The summed E-state index contributed by atoms with van der Waals surface area (Å²) in [5.41, 5.74) is 0.139. The van der Waals surface area contributed by atoms with E-state index < -0.39 is 18.1 Å². The van der Waals surface area contributed by atoms with Gasteiger partial charge in [0, 0.05) is 6.07 Å². The van der Waals surface area contributed by atoms with Crippen LogP contribution in [0.5, 0.6) is 17.2 Å². The molecule has 1 saturated carbocycles. The molecular formula is C19H21NO5. The van der Waals surface area contributed by atoms with Crippen LogP contribution in [0.25, 0.3) is 0 Å². The SMILES string of the molecule is COc1ccc(C(=O)N[C@@H]2CC[C@@H](Oc3ccccc3)[C@@H]2O)c(O)c1. The number of benzene rings is 2. The summed E-state index contributed by atoms with van der Waals surface area (Å²) < 4.78 is 10.8. The van der Waals surface area contributed by atoms with E-state index in [4.69, 9.17) is 9.47 Å². The standard InChI is InChI=1S/C19H21NO5/c1-24-13-7-8-14(16(21)11-13)19(23)20-15-9-10-17(18(15)22)25-12-5-3-2-4-6-12/h2-8,11,15,17-18,21-22H,9-10H2,1H3,(H,20,23)/t15-,17-,18-/m1/s1. The third-order valence-corrected chi connectivity index (χ3v) is 4.35. The summed E-state index contributed by atoms with van der Waals surface area (Å²) in [7, 11) is 1.48. The maximum Gasteiger partial charge on any atom is 0.255 e. The lowest BCUT2D eigenvalue weighted by atomic mass is 10.1. The summed E-state index contributed by atoms with van der Waals surface area (Å²) in [6.07, 6.45) is 0.0402. The molecule has 2 aromatic rings. The van der Waals surface area contributed by atoms with Gasteiger partial charge in [-0.25, -0.2) is 0 Å². The number of rotatable bonds is 5. The molecule has 3 N–H and O–H groups in total. The molecule has 0 radical (unpaired) electrons. The first-order chi connectivity index (χ1) is 12.1. The number of aromatic hydroxyl groups is 1. The first-order valence-electron chi connectivity index (χ1n) is 8.16. The van der Waals surface area contributed by atoms with Gasteiger partial charge in [0.25, 0.3) is 5.91 Å². The monoisotopic (exact) mass is 343 g/mol. The zero-order valence-corrected chi connectivity index (χ0v) is 13.9. The Kier molecular flexibility index (Phi) is 5.09. The molecule has 6 heteroatoms. The number of hydrogen-bond donors (Lipinski definition) is 3. The van der Waals surface area contributed by atoms with Crippen molar-refractivity contribution in [2.24, 2.45) is 0 Å². The molecule has 1 amide bonds. The molecular weight excluding hydrogens is 322 g/mol. The largest absolute Gasteiger partial charge is 0.507 e. The van der Waals surface area contributed by atoms with Crippen molar-refractivity contribution in [3.63, 3.8) is 0 Å². The lowest BCUT2D eigenvalue weighted by Gasteiger charge is -2.22. The van der Waals surface area contributed by atoms with Crippen LogP contribution < -0.4 is 14.8 Å². The Bertz CT molecular complexity index is 734. The maximum absolute atomic E-state index is 12.4. The molecule has 132 valence electrons. The highest BCUT2D eigenvalue weighted by Gasteiger charge is 2.37. The van der Waals surface area contributed by atoms with Crippen molar-refractivity contribution in [1.82, 2.24) is 5.32 Å². The smallest absolute Gasteiger partial charge is 0.255 e. The highest BCUT2D eigenvalue weighted by atomic mass is 16.5. The van der Waals surface area contributed by atoms with E-state index in [1.54, 1.807) is 6.07 Å². The quantitative estimate of drug-likeness (QED) is 0.774. The number of methoxy groups -OCH3 is 1. The van der Waals surface area contributed by atoms with Crippen molar-refractivity contribution in [2.75, 3.05) is 7.11 Å². The van der Waals surface area contributed by atoms with Gasteiger partial charge in [-0.05, 0) is 37.1 Å². The minimum Gasteiger partial charge on any atom is -0.507 e. The molecule has 25 heavy (non-hydrogen) atoms. The Morgan fingerprint density at radius 2 is 1.88 bits per heavy atom. The number of nitrogens with one attached hydrogen (secondary N) is 1. The summed E-state index contributed by atoms with van der Waals surface area (Å²) >= 11 is 0. The Labute approximate surface area is 146 Å². The molecule has 0 bridgehead atoms. The van der Waals surface area contributed by atoms with Crippen molar-refractivity contribution in [3.8, 4) is 17.2 Å². The van der Waals surface area contributed by atoms with Crippen molar-refractivity contribution >= 4 is 5.91 Å². The van der Waals surface area contributed by atoms with Gasteiger partial charge >= 0.3 is 0 Å². The van der Waals surface area contributed by atoms with Crippen LogP contribution in [0.2, 0.25) is 0 Å². The molecule has 2 aromatic carbocycles. The Balaban J connectivity index is 1.62. The first kappa shape index (κ1) is 17.1. The van der Waals surface area contributed by atoms with Gasteiger partial charge in [-0.2, -0.15) is 0 Å². The zero-order chi connectivity index (χ0) is 17.8. The molecule has 0 spiro atoms. The second-order valence-corrected chi connectivity index (χ2v) is 6.00. The molecule has 3 rings (SSSR count). The van der Waals surface area contributed by atoms with Crippen LogP contribution in [0.15, 0.2) is 48.5 Å². The van der Waals surface area contributed by atoms with Crippen LogP contribution in [0.3, 0.4) is 0 Å². The number of phenols is 1. The Hall–Kier alpha value is -2.73. The number of aliphatic hydroxyl groups is 1. The highest BCUT2D eigenvalue weighted by Crippen LogP contribution is 2.27. The van der Waals surface area contributed by atoms with Crippen LogP contribution in [0.1, 0.15) is 23.2 Å². The van der Waals surface area contributed by atoms with E-state index in [-0.39, 0.29) is 17.4 Å². The molecule has 1 fully saturated rings. The number of aliphatic hydroxyl groups excluding tert-OH is 1. The molecule has 0 unspecified atom stereocenters. The van der Waals surface area contributed by atoms with Crippen molar-refractivity contribution in [3.05, 3.63) is 54.1 Å². The van der Waals surface area contributed by atoms with E-state index in [0.29, 0.717) is 24.3 Å². The Morgan fingerprint density at radius 3 is 2.56 bits per heavy atom. The van der Waals surface area contributed by atoms with E-state index in [9.17, 15) is 15.0 Å². The Morgan fingerprint density at radius 1 is 1.12 bits per heavy atom. The summed E-state index contributed by atoms with van der Waals surface area (Å²) in [4.78, 5) is 12.4. The van der Waals surface area contributed by atoms with Gasteiger partial charge < -0.3 is 25.0 Å². The number of ether oxygens (including phenoxy) is 2. The lowest BCUT2D eigenvalue weighted by molar-refractivity contribution is 0.0434. The van der Waals surface area contributed by atoms with E-state index in [1.165, 1.54) is 19.2 Å². The van der Waals surface area contributed by atoms with Crippen LogP contribution >= 0.6 is 0 Å². The topological polar surface area (TPSA) is 88.0 Å². The summed E-state index contributed by atoms with van der Waals surface area (Å²) in [5.74, 6) is 0.545. The van der Waals surface area contributed by atoms with E-state index >= 15 is 0 Å². The minimum absolute atomic E-state index is 0.139. The van der Waals surface area contributed by atoms with Crippen LogP contribution in [0, 0.1) is 0 Å². The van der Waals surface area contributed by atoms with Gasteiger partial charge in [0.05, 0.1) is 18.7 Å². The van der Waals surface area contributed by atoms with E-state index in [1.807, 2.05) is 30.3 Å². The zero-order valence-electron chi connectivity index (χ0n) is 13.9. The van der Waals surface area contributed by atoms with Gasteiger partial charge in [0.15, 0.2) is 0 Å². The van der Waals surface area contributed by atoms with Crippen molar-refractivity contribution < 1.29 is 24.5 Å². The van der Waals surface area contributed by atoms with Gasteiger partial charge in [0.1, 0.15) is 29.5 Å². The molecule has 1 aliphatic carbocycles. The van der Waals surface area contributed by atoms with Crippen molar-refractivity contribution in [1.29, 1.82) is 0 Å². The molecule has 6 nitrogen and oxygen atoms in total. The average molecular weight is 343 g/mol. The van der Waals surface area contributed by atoms with Gasteiger partial charge in [-0.1, -0.05) is 18.2 Å². The summed E-state index contributed by atoms with van der Waals surface area (Å²) in [6.45, 7) is 0. The molecule has 3 atom stereocenters. The van der Waals surface area contributed by atoms with Crippen LogP contribution in [-0.2, 0) is 0 Å². The van der Waals surface area contributed by atoms with Gasteiger partial charge in [-0.15, -0.1) is 0 Å². The fourth-order valence-electron chi connectivity index (χ4n) is 2.98. The number of phenolic OH excluding ortho intramolecular Hbond substituents is 1. The molecule has 0 saturated heterocycles. The number of para-hydroxylation sites is 1. The number of carbonyl (C=O) groups excluding carboxylic acids is 1. The van der Waals surface area contributed by atoms with Crippen molar-refractivity contribution in [2.45, 2.75) is 31.1 Å². The van der Waals surface area contributed by atoms with Gasteiger partial charge in [-0.3, -0.25) is 4.79 Å². The fraction of sp³-hybridized carbons (Fsp3) is 0.316. The fourth-order valence-corrected chi connectivity index (χ4v) is 2.98. The lowest BCUT2D eigenvalue weighted by Crippen LogP contribution is -2.44. The average Bonchev–Trinajstić information content (AvgIpc) is 2.95. The van der Waals surface area contributed by atoms with Gasteiger partial charge in [0.2, 0.25) is 0 Å². The van der Waals surface area contributed by atoms with E-state index in [0.717, 1.165) is 0 Å². The summed E-state index contributed by atoms with van der Waals surface area (Å²) in [5, 5.41) is 23.2. The number of hydrogen-bond acceptors (Lipinski definition) is 5. The minimum atomic E-state index is -0.815. The third-order valence-electron chi connectivity index (χ3n) is 4.35. The normalized spacial score (nSPS) is 22.4. The number of amides is 1. The first-order valence-corrected chi connectivity index (χ1v) is 8.16. The second-order valence-electron chi connectivity index (χ2n) is 6.00. The predicted octanol–water partition coefficient (Wildman–Crippen LogP) is 2.10. The highest BCUT2D eigenvalue weighted by molar-refractivity contribution is 5.97. The summed E-state index contributed by atoms with van der Waals surface area (Å²) in [6, 6.07) is 13.3. The van der Waals surface area contributed by atoms with Crippen LogP contribution in [0.4, 0.5) is 0 Å². The molecule has 0 aromatic heterocycles. The molecule has 0 aliphatic heterocycles. The second kappa shape index (κ2) is 7.44. The van der Waals surface area contributed by atoms with Crippen LogP contribution in [-0.4, -0.2) is 41.5 Å². The third kappa shape index (κ3) is 3.85. The number of carbonyl (C=O) groups is 1. The molecule has 1 aliphatic rings. The van der Waals surface area contributed by atoms with E-state index in [2.05, 4.69) is 5.32 Å². The molecule has 0 heterocycles.